The van der Waals surface area contributed by atoms with Crippen LogP contribution in [0.1, 0.15) is 37.6 Å². The van der Waals surface area contributed by atoms with E-state index in [1.54, 1.807) is 7.05 Å². The van der Waals surface area contributed by atoms with Gasteiger partial charge in [0.15, 0.2) is 0 Å². The summed E-state index contributed by atoms with van der Waals surface area (Å²) in [6, 6.07) is 3.30. The summed E-state index contributed by atoms with van der Waals surface area (Å²) >= 11 is 0. The summed E-state index contributed by atoms with van der Waals surface area (Å²) in [5.41, 5.74) is -0.577. The van der Waals surface area contributed by atoms with Gasteiger partial charge in [-0.05, 0) is 31.4 Å². The van der Waals surface area contributed by atoms with E-state index in [0.717, 1.165) is 12.5 Å². The van der Waals surface area contributed by atoms with Crippen molar-refractivity contribution in [3.63, 3.8) is 0 Å². The van der Waals surface area contributed by atoms with Gasteiger partial charge in [0.2, 0.25) is 0 Å². The summed E-state index contributed by atoms with van der Waals surface area (Å²) in [4.78, 5) is 24.7. The number of carbonyl (C=O) groups excluding carboxylic acids is 1. The number of rotatable bonds is 5. The molecule has 1 rings (SSSR count). The summed E-state index contributed by atoms with van der Waals surface area (Å²) in [6.45, 7) is 6.01. The van der Waals surface area contributed by atoms with Crippen LogP contribution in [0.3, 0.4) is 0 Å². The molecule has 1 unspecified atom stereocenters. The van der Waals surface area contributed by atoms with Gasteiger partial charge in [-0.3, -0.25) is 0 Å². The number of hydrogen-bond donors (Lipinski definition) is 2. The zero-order valence-electron chi connectivity index (χ0n) is 12.7. The molecule has 0 saturated heterocycles. The van der Waals surface area contributed by atoms with Gasteiger partial charge in [0.25, 0.3) is 0 Å². The molecule has 116 valence electrons. The molecule has 0 spiro atoms. The van der Waals surface area contributed by atoms with E-state index in [2.05, 4.69) is 19.2 Å². The number of aromatic carboxylic acids is 1. The fourth-order valence-corrected chi connectivity index (χ4v) is 2.09. The number of hydrogen-bond acceptors (Lipinski definition) is 2. The Balaban J connectivity index is 2.89. The Labute approximate surface area is 123 Å². The van der Waals surface area contributed by atoms with Crippen LogP contribution in [-0.4, -0.2) is 35.1 Å². The fourth-order valence-electron chi connectivity index (χ4n) is 2.09. The van der Waals surface area contributed by atoms with E-state index in [1.807, 2.05) is 6.92 Å². The third-order valence-electron chi connectivity index (χ3n) is 3.26. The fraction of sp³-hybridized carbons (Fsp3) is 0.467. The molecule has 1 aromatic carbocycles. The molecule has 0 saturated carbocycles. The summed E-state index contributed by atoms with van der Waals surface area (Å²) in [5, 5.41) is 11.5. The normalized spacial score (nSPS) is 12.1. The van der Waals surface area contributed by atoms with Crippen LogP contribution in [0.2, 0.25) is 0 Å². The first-order valence-electron chi connectivity index (χ1n) is 6.79. The molecule has 0 heterocycles. The van der Waals surface area contributed by atoms with Crippen LogP contribution in [0.15, 0.2) is 18.2 Å². The average molecular weight is 296 g/mol. The van der Waals surface area contributed by atoms with Gasteiger partial charge in [-0.1, -0.05) is 19.9 Å². The number of urea groups is 1. The molecule has 21 heavy (non-hydrogen) atoms. The van der Waals surface area contributed by atoms with E-state index in [4.69, 9.17) is 5.11 Å². The van der Waals surface area contributed by atoms with Crippen LogP contribution in [-0.2, 0) is 0 Å². The van der Waals surface area contributed by atoms with Gasteiger partial charge in [0.05, 0.1) is 5.69 Å². The molecule has 0 aromatic heterocycles. The maximum absolute atomic E-state index is 13.5. The Morgan fingerprint density at radius 2 is 1.95 bits per heavy atom. The largest absolute Gasteiger partial charge is 0.478 e. The van der Waals surface area contributed by atoms with E-state index >= 15 is 0 Å². The molecule has 1 aromatic rings. The Morgan fingerprint density at radius 3 is 2.48 bits per heavy atom. The van der Waals surface area contributed by atoms with Crippen molar-refractivity contribution in [2.24, 2.45) is 5.92 Å². The zero-order valence-corrected chi connectivity index (χ0v) is 12.7. The van der Waals surface area contributed by atoms with E-state index in [1.165, 1.54) is 17.0 Å². The monoisotopic (exact) mass is 296 g/mol. The van der Waals surface area contributed by atoms with Crippen LogP contribution in [0.4, 0.5) is 14.9 Å². The molecular weight excluding hydrogens is 275 g/mol. The average Bonchev–Trinajstić information content (AvgIpc) is 2.36. The van der Waals surface area contributed by atoms with Gasteiger partial charge in [-0.2, -0.15) is 0 Å². The van der Waals surface area contributed by atoms with Crippen molar-refractivity contribution in [3.05, 3.63) is 29.6 Å². The summed E-state index contributed by atoms with van der Waals surface area (Å²) in [5.74, 6) is -1.86. The highest BCUT2D eigenvalue weighted by Crippen LogP contribution is 2.20. The first-order chi connectivity index (χ1) is 9.73. The molecule has 0 aliphatic carbocycles. The molecule has 2 amide bonds. The standard InChI is InChI=1S/C15H21FN2O3/c1-9(2)8-10(3)18(4)15(21)17-12-7-5-6-11(16)13(12)14(19)20/h5-7,9-10H,8H2,1-4H3,(H,17,21)(H,19,20). The van der Waals surface area contributed by atoms with Gasteiger partial charge in [-0.25, -0.2) is 14.0 Å². The van der Waals surface area contributed by atoms with Crippen molar-refractivity contribution in [2.75, 3.05) is 12.4 Å². The number of halogens is 1. The molecule has 0 fully saturated rings. The van der Waals surface area contributed by atoms with Crippen molar-refractivity contribution < 1.29 is 19.1 Å². The second-order valence-corrected chi connectivity index (χ2v) is 5.49. The minimum atomic E-state index is -1.42. The Bertz CT molecular complexity index is 532. The van der Waals surface area contributed by atoms with E-state index < -0.39 is 23.4 Å². The van der Waals surface area contributed by atoms with Crippen LogP contribution >= 0.6 is 0 Å². The lowest BCUT2D eigenvalue weighted by atomic mass is 10.0. The topological polar surface area (TPSA) is 69.6 Å². The molecule has 2 N–H and O–H groups in total. The minimum absolute atomic E-state index is 0.00756. The second-order valence-electron chi connectivity index (χ2n) is 5.49. The lowest BCUT2D eigenvalue weighted by Crippen LogP contribution is -2.39. The van der Waals surface area contributed by atoms with Crippen LogP contribution < -0.4 is 5.32 Å². The predicted molar refractivity (Wildman–Crippen MR) is 79.1 cm³/mol. The Hall–Kier alpha value is -2.11. The number of carboxylic acids is 1. The van der Waals surface area contributed by atoms with Gasteiger partial charge < -0.3 is 15.3 Å². The zero-order chi connectivity index (χ0) is 16.2. The maximum atomic E-state index is 13.5. The Morgan fingerprint density at radius 1 is 1.33 bits per heavy atom. The number of carboxylic acid groups (broad SMARTS) is 1. The molecule has 0 bridgehead atoms. The molecule has 0 radical (unpaired) electrons. The SMILES string of the molecule is CC(C)CC(C)N(C)C(=O)Nc1cccc(F)c1C(=O)O. The highest BCUT2D eigenvalue weighted by Gasteiger charge is 2.21. The highest BCUT2D eigenvalue weighted by molar-refractivity contribution is 6.00. The number of anilines is 1. The predicted octanol–water partition coefficient (Wildman–Crippen LogP) is 3.42. The number of amides is 2. The van der Waals surface area contributed by atoms with Gasteiger partial charge in [-0.15, -0.1) is 0 Å². The number of carbonyl (C=O) groups is 2. The van der Waals surface area contributed by atoms with E-state index in [-0.39, 0.29) is 11.7 Å². The van der Waals surface area contributed by atoms with Crippen molar-refractivity contribution >= 4 is 17.7 Å². The number of nitrogens with zero attached hydrogens (tertiary/aromatic N) is 1. The molecule has 5 nitrogen and oxygen atoms in total. The number of benzene rings is 1. The van der Waals surface area contributed by atoms with Crippen molar-refractivity contribution in [1.82, 2.24) is 4.90 Å². The molecule has 0 aliphatic heterocycles. The third-order valence-corrected chi connectivity index (χ3v) is 3.26. The smallest absolute Gasteiger partial charge is 0.340 e. The minimum Gasteiger partial charge on any atom is -0.478 e. The lowest BCUT2D eigenvalue weighted by Gasteiger charge is -2.26. The number of nitrogens with one attached hydrogen (secondary N) is 1. The van der Waals surface area contributed by atoms with Gasteiger partial charge >= 0.3 is 12.0 Å². The molecule has 1 atom stereocenters. The first kappa shape index (κ1) is 16.9. The van der Waals surface area contributed by atoms with Crippen molar-refractivity contribution in [2.45, 2.75) is 33.2 Å². The quantitative estimate of drug-likeness (QED) is 0.874. The Kier molecular flexibility index (Phi) is 5.69. The highest BCUT2D eigenvalue weighted by atomic mass is 19.1. The lowest BCUT2D eigenvalue weighted by molar-refractivity contribution is 0.0693. The van der Waals surface area contributed by atoms with Crippen LogP contribution in [0.5, 0.6) is 0 Å². The van der Waals surface area contributed by atoms with Crippen molar-refractivity contribution in [1.29, 1.82) is 0 Å². The summed E-state index contributed by atoms with van der Waals surface area (Å²) in [7, 11) is 1.63. The van der Waals surface area contributed by atoms with Crippen molar-refractivity contribution in [3.8, 4) is 0 Å². The van der Waals surface area contributed by atoms with E-state index in [9.17, 15) is 14.0 Å². The second kappa shape index (κ2) is 7.06. The van der Waals surface area contributed by atoms with Crippen LogP contribution in [0.25, 0.3) is 0 Å². The molecule has 0 aliphatic rings. The van der Waals surface area contributed by atoms with Crippen LogP contribution in [0, 0.1) is 11.7 Å². The van der Waals surface area contributed by atoms with Gasteiger partial charge in [0, 0.05) is 13.1 Å². The van der Waals surface area contributed by atoms with Gasteiger partial charge in [0.1, 0.15) is 11.4 Å². The first-order valence-corrected chi connectivity index (χ1v) is 6.79. The summed E-state index contributed by atoms with van der Waals surface area (Å²) < 4.78 is 13.5. The maximum Gasteiger partial charge on any atom is 0.340 e. The molecule has 6 heteroatoms. The molecular formula is C15H21FN2O3. The summed E-state index contributed by atoms with van der Waals surface area (Å²) in [6.07, 6.45) is 0.818. The van der Waals surface area contributed by atoms with E-state index in [0.29, 0.717) is 5.92 Å². The third kappa shape index (κ3) is 4.44.